The zero-order chi connectivity index (χ0) is 21.4. The second-order valence-corrected chi connectivity index (χ2v) is 9.16. The van der Waals surface area contributed by atoms with Gasteiger partial charge in [0.1, 0.15) is 17.1 Å². The van der Waals surface area contributed by atoms with Crippen molar-refractivity contribution in [3.8, 4) is 11.5 Å². The van der Waals surface area contributed by atoms with Crippen molar-refractivity contribution in [2.24, 2.45) is 0 Å². The van der Waals surface area contributed by atoms with Gasteiger partial charge >= 0.3 is 0 Å². The van der Waals surface area contributed by atoms with Gasteiger partial charge in [0.25, 0.3) is 0 Å². The normalized spacial score (nSPS) is 19.2. The molecule has 0 amide bonds. The summed E-state index contributed by atoms with van der Waals surface area (Å²) in [5.74, 6) is 1.38. The van der Waals surface area contributed by atoms with Crippen molar-refractivity contribution in [3.63, 3.8) is 0 Å². The molecule has 0 aliphatic carbocycles. The Hall–Kier alpha value is -1.96. The lowest BCUT2D eigenvalue weighted by Gasteiger charge is -2.37. The van der Waals surface area contributed by atoms with Gasteiger partial charge in [-0.15, -0.1) is 0 Å². The molecule has 1 aliphatic heterocycles. The summed E-state index contributed by atoms with van der Waals surface area (Å²) in [6.45, 7) is 12.8. The molecule has 2 nitrogen and oxygen atoms in total. The third-order valence-electron chi connectivity index (χ3n) is 6.00. The summed E-state index contributed by atoms with van der Waals surface area (Å²) < 4.78 is 6.44. The molecule has 0 fully saturated rings. The van der Waals surface area contributed by atoms with Gasteiger partial charge in [-0.05, 0) is 110 Å². The average molecular weight is 397 g/mol. The predicted molar refractivity (Wildman–Crippen MR) is 125 cm³/mol. The molecular weight excluding hydrogens is 356 g/mol. The monoisotopic (exact) mass is 396 g/mol. The fourth-order valence-electron chi connectivity index (χ4n) is 3.99. The van der Waals surface area contributed by atoms with Gasteiger partial charge in [-0.1, -0.05) is 35.5 Å². The number of ether oxygens (including phenoxy) is 1. The van der Waals surface area contributed by atoms with E-state index in [-0.39, 0.29) is 5.60 Å². The Labute approximate surface area is 178 Å². The highest BCUT2D eigenvalue weighted by atomic mass is 16.5. The molecule has 1 aliphatic rings. The van der Waals surface area contributed by atoms with Gasteiger partial charge in [0, 0.05) is 5.56 Å². The van der Waals surface area contributed by atoms with Gasteiger partial charge in [0.2, 0.25) is 0 Å². The topological polar surface area (TPSA) is 29.5 Å². The number of benzene rings is 1. The number of hydrogen-bond acceptors (Lipinski definition) is 2. The third kappa shape index (κ3) is 7.10. The lowest BCUT2D eigenvalue weighted by atomic mass is 9.86. The maximum absolute atomic E-state index is 10.1. The maximum atomic E-state index is 10.1. The summed E-state index contributed by atoms with van der Waals surface area (Å²) in [5, 5.41) is 10.1. The Balaban J connectivity index is 1.76. The third-order valence-corrected chi connectivity index (χ3v) is 6.00. The zero-order valence-electron chi connectivity index (χ0n) is 19.4. The van der Waals surface area contributed by atoms with Crippen LogP contribution in [0.2, 0.25) is 0 Å². The van der Waals surface area contributed by atoms with Crippen molar-refractivity contribution in [1.82, 2.24) is 0 Å². The first-order chi connectivity index (χ1) is 13.7. The van der Waals surface area contributed by atoms with E-state index in [9.17, 15) is 5.11 Å². The summed E-state index contributed by atoms with van der Waals surface area (Å²) in [6, 6.07) is 1.83. The number of allylic oxidation sites excluding steroid dienone is 6. The van der Waals surface area contributed by atoms with Crippen LogP contribution in [0.15, 0.2) is 41.5 Å². The van der Waals surface area contributed by atoms with E-state index < -0.39 is 0 Å². The summed E-state index contributed by atoms with van der Waals surface area (Å²) >= 11 is 0. The average Bonchev–Trinajstić information content (AvgIpc) is 2.65. The summed E-state index contributed by atoms with van der Waals surface area (Å²) in [5.41, 5.74) is 5.97. The van der Waals surface area contributed by atoms with Crippen molar-refractivity contribution < 1.29 is 9.84 Å². The van der Waals surface area contributed by atoms with E-state index in [4.69, 9.17) is 4.74 Å². The Morgan fingerprint density at radius 3 is 2.52 bits per heavy atom. The number of hydrogen-bond donors (Lipinski definition) is 1. The van der Waals surface area contributed by atoms with Crippen LogP contribution in [-0.4, -0.2) is 10.7 Å². The van der Waals surface area contributed by atoms with Gasteiger partial charge in [-0.3, -0.25) is 0 Å². The van der Waals surface area contributed by atoms with Crippen LogP contribution in [0.3, 0.4) is 0 Å². The molecule has 0 saturated heterocycles. The van der Waals surface area contributed by atoms with Gasteiger partial charge in [-0.25, -0.2) is 0 Å². The molecule has 0 unspecified atom stereocenters. The van der Waals surface area contributed by atoms with Crippen LogP contribution in [0.25, 0.3) is 0 Å². The number of aromatic hydroxyl groups is 1. The van der Waals surface area contributed by atoms with Crippen LogP contribution >= 0.6 is 0 Å². The van der Waals surface area contributed by atoms with E-state index in [0.717, 1.165) is 61.8 Å². The van der Waals surface area contributed by atoms with Gasteiger partial charge < -0.3 is 9.84 Å². The SMILES string of the molecule is CC(C)=CCC/C(C)=C/CC/C=C/CC[C@@]1(C)CCc2c(C)c(O)cc(C)c2O1. The number of unbranched alkanes of at least 4 members (excludes halogenated alkanes) is 1. The molecule has 1 aromatic carbocycles. The molecule has 1 N–H and O–H groups in total. The van der Waals surface area contributed by atoms with E-state index in [1.807, 2.05) is 19.9 Å². The first-order valence-electron chi connectivity index (χ1n) is 11.2. The zero-order valence-corrected chi connectivity index (χ0v) is 19.4. The summed E-state index contributed by atoms with van der Waals surface area (Å²) in [6.07, 6.45) is 17.9. The van der Waals surface area contributed by atoms with Crippen LogP contribution in [0, 0.1) is 13.8 Å². The largest absolute Gasteiger partial charge is 0.508 e. The van der Waals surface area contributed by atoms with E-state index in [0.29, 0.717) is 5.75 Å². The van der Waals surface area contributed by atoms with Gasteiger partial charge in [0.15, 0.2) is 0 Å². The van der Waals surface area contributed by atoms with E-state index in [1.165, 1.54) is 23.1 Å². The number of rotatable bonds is 9. The highest BCUT2D eigenvalue weighted by molar-refractivity contribution is 5.53. The molecule has 1 aromatic rings. The Kier molecular flexibility index (Phi) is 8.61. The minimum absolute atomic E-state index is 0.118. The fourth-order valence-corrected chi connectivity index (χ4v) is 3.99. The van der Waals surface area contributed by atoms with Crippen LogP contribution in [0.4, 0.5) is 0 Å². The Morgan fingerprint density at radius 2 is 1.79 bits per heavy atom. The lowest BCUT2D eigenvalue weighted by molar-refractivity contribution is 0.0560. The molecule has 0 bridgehead atoms. The summed E-state index contributed by atoms with van der Waals surface area (Å²) in [7, 11) is 0. The second-order valence-electron chi connectivity index (χ2n) is 9.16. The number of aryl methyl sites for hydroxylation is 1. The Bertz CT molecular complexity index is 778. The number of phenols is 1. The molecule has 29 heavy (non-hydrogen) atoms. The van der Waals surface area contributed by atoms with Gasteiger partial charge in [0.05, 0.1) is 0 Å². The van der Waals surface area contributed by atoms with Gasteiger partial charge in [-0.2, -0.15) is 0 Å². The minimum atomic E-state index is -0.118. The van der Waals surface area contributed by atoms with Crippen molar-refractivity contribution in [2.75, 3.05) is 0 Å². The van der Waals surface area contributed by atoms with Crippen molar-refractivity contribution in [2.45, 2.75) is 98.5 Å². The quantitative estimate of drug-likeness (QED) is 0.339. The highest BCUT2D eigenvalue weighted by Gasteiger charge is 2.33. The van der Waals surface area contributed by atoms with Crippen LogP contribution in [0.5, 0.6) is 11.5 Å². The lowest BCUT2D eigenvalue weighted by Crippen LogP contribution is -2.36. The molecule has 1 atom stereocenters. The van der Waals surface area contributed by atoms with Crippen molar-refractivity contribution in [1.29, 1.82) is 0 Å². The fraction of sp³-hybridized carbons (Fsp3) is 0.556. The minimum Gasteiger partial charge on any atom is -0.508 e. The molecular formula is C27H40O2. The molecule has 2 heteroatoms. The van der Waals surface area contributed by atoms with Crippen molar-refractivity contribution in [3.05, 3.63) is 58.2 Å². The number of fused-ring (bicyclic) bond motifs is 1. The smallest absolute Gasteiger partial charge is 0.126 e. The van der Waals surface area contributed by atoms with Crippen molar-refractivity contribution >= 4 is 0 Å². The van der Waals surface area contributed by atoms with Crippen LogP contribution < -0.4 is 4.74 Å². The molecule has 0 aromatic heterocycles. The summed E-state index contributed by atoms with van der Waals surface area (Å²) in [4.78, 5) is 0. The van der Waals surface area contributed by atoms with Crippen LogP contribution in [-0.2, 0) is 6.42 Å². The Morgan fingerprint density at radius 1 is 1.07 bits per heavy atom. The van der Waals surface area contributed by atoms with E-state index >= 15 is 0 Å². The first-order valence-corrected chi connectivity index (χ1v) is 11.2. The highest BCUT2D eigenvalue weighted by Crippen LogP contribution is 2.42. The molecule has 0 spiro atoms. The standard InChI is InChI=1S/C27H40O2/c1-20(2)13-12-15-21(3)14-10-8-7-9-11-17-27(6)18-16-24-23(5)25(28)19-22(4)26(24)29-27/h7,9,13-14,19,28H,8,10-12,15-18H2,1-6H3/b9-7+,21-14+/t27-/m0/s1. The number of phenolic OH excluding ortho intramolecular Hbond substituents is 1. The molecule has 0 radical (unpaired) electrons. The van der Waals surface area contributed by atoms with E-state index in [1.54, 1.807) is 0 Å². The van der Waals surface area contributed by atoms with E-state index in [2.05, 4.69) is 52.0 Å². The maximum Gasteiger partial charge on any atom is 0.126 e. The predicted octanol–water partition coefficient (Wildman–Crippen LogP) is 7.90. The molecule has 1 heterocycles. The molecule has 160 valence electrons. The first kappa shape index (κ1) is 23.3. The molecule has 0 saturated carbocycles. The molecule has 2 rings (SSSR count). The van der Waals surface area contributed by atoms with Crippen LogP contribution in [0.1, 0.15) is 89.3 Å². The second kappa shape index (κ2) is 10.7.